The molecule has 4 heterocycles. The van der Waals surface area contributed by atoms with Gasteiger partial charge in [0, 0.05) is 49.2 Å². The maximum Gasteiger partial charge on any atom is 0.164 e. The molecule has 0 bridgehead atoms. The van der Waals surface area contributed by atoms with Gasteiger partial charge in [-0.15, -0.1) is 0 Å². The molecule has 0 fully saturated rings. The van der Waals surface area contributed by atoms with Gasteiger partial charge in [-0.1, -0.05) is 188 Å². The van der Waals surface area contributed by atoms with Crippen LogP contribution in [-0.4, -0.2) is 19.5 Å². The minimum atomic E-state index is 0.574. The van der Waals surface area contributed by atoms with E-state index in [1.807, 2.05) is 42.5 Å². The number of rotatable bonds is 8. The fraction of sp³-hybridized carbons (Fsp3) is 0. The number of fused-ring (bicyclic) bond motifs is 9. The second kappa shape index (κ2) is 17.3. The van der Waals surface area contributed by atoms with Crippen LogP contribution in [0.1, 0.15) is 0 Å². The molecule has 0 atom stereocenters. The predicted octanol–water partition coefficient (Wildman–Crippen LogP) is 18.4. The minimum Gasteiger partial charge on any atom is -0.456 e. The highest BCUT2D eigenvalue weighted by Crippen LogP contribution is 2.45. The Labute approximate surface area is 431 Å². The van der Waals surface area contributed by atoms with Gasteiger partial charge in [0.2, 0.25) is 0 Å². The Morgan fingerprint density at radius 1 is 0.253 bits per heavy atom. The molecule has 4 aromatic heterocycles. The maximum absolute atomic E-state index is 6.63. The third-order valence-corrected chi connectivity index (χ3v) is 14.7. The summed E-state index contributed by atoms with van der Waals surface area (Å²) in [6.07, 6.45) is 0. The van der Waals surface area contributed by atoms with E-state index in [4.69, 9.17) is 23.8 Å². The van der Waals surface area contributed by atoms with Gasteiger partial charge in [0.15, 0.2) is 17.5 Å². The van der Waals surface area contributed by atoms with Gasteiger partial charge in [-0.05, 0) is 106 Å². The Morgan fingerprint density at radius 3 is 1.51 bits per heavy atom. The van der Waals surface area contributed by atoms with Crippen LogP contribution in [-0.2, 0) is 0 Å². The molecule has 0 radical (unpaired) electrons. The highest BCUT2D eigenvalue weighted by atomic mass is 16.3. The van der Waals surface area contributed by atoms with E-state index in [1.54, 1.807) is 0 Å². The van der Waals surface area contributed by atoms with Crippen molar-refractivity contribution in [1.29, 1.82) is 0 Å². The molecular weight excluding hydrogens is 917 g/mol. The summed E-state index contributed by atoms with van der Waals surface area (Å²) in [5, 5.41) is 6.60. The van der Waals surface area contributed by atoms with Gasteiger partial charge >= 0.3 is 0 Å². The van der Waals surface area contributed by atoms with Crippen LogP contribution in [0.4, 0.5) is 0 Å². The zero-order valence-electron chi connectivity index (χ0n) is 40.4. The number of hydrogen-bond acceptors (Lipinski definition) is 5. The summed E-state index contributed by atoms with van der Waals surface area (Å²) >= 11 is 0. The first-order valence-electron chi connectivity index (χ1n) is 25.2. The van der Waals surface area contributed by atoms with Gasteiger partial charge in [0.05, 0.1) is 22.1 Å². The average Bonchev–Trinajstić information content (AvgIpc) is 4.17. The molecule has 15 rings (SSSR count). The molecule has 0 N–H and O–H groups in total. The van der Waals surface area contributed by atoms with Gasteiger partial charge in [0.25, 0.3) is 0 Å². The molecule has 15 aromatic rings. The van der Waals surface area contributed by atoms with Crippen LogP contribution in [0.25, 0.3) is 150 Å². The molecule has 0 aliphatic heterocycles. The summed E-state index contributed by atoms with van der Waals surface area (Å²) < 4.78 is 15.7. The van der Waals surface area contributed by atoms with Crippen molar-refractivity contribution in [2.75, 3.05) is 0 Å². The quantitative estimate of drug-likeness (QED) is 0.152. The van der Waals surface area contributed by atoms with Gasteiger partial charge in [-0.25, -0.2) is 15.0 Å². The number of aromatic nitrogens is 4. The molecule has 0 saturated carbocycles. The summed E-state index contributed by atoms with van der Waals surface area (Å²) in [6, 6.07) is 89.5. The summed E-state index contributed by atoms with van der Waals surface area (Å²) in [5.41, 5.74) is 18.4. The van der Waals surface area contributed by atoms with Crippen molar-refractivity contribution in [2.45, 2.75) is 0 Å². The molecule has 0 amide bonds. The Balaban J connectivity index is 0.838. The first kappa shape index (κ1) is 42.5. The van der Waals surface area contributed by atoms with E-state index in [0.717, 1.165) is 111 Å². The van der Waals surface area contributed by atoms with E-state index in [0.29, 0.717) is 17.5 Å². The maximum atomic E-state index is 6.63. The largest absolute Gasteiger partial charge is 0.456 e. The van der Waals surface area contributed by atoms with Crippen LogP contribution in [0.2, 0.25) is 0 Å². The number of para-hydroxylation sites is 2. The SMILES string of the molecule is c1ccc(-c2ccc(-c3nc(-c4ccccc4)nc(-c4ccc5c(c4)oc4ccc(-c6cccc(-c7ccc8oc9ccccc9c8c7-n7c8ccccc8c8cc(-c9ccccc9)ccc87)c6)cc45)n3)cc2)cc1. The van der Waals surface area contributed by atoms with E-state index in [1.165, 1.54) is 21.9 Å². The smallest absolute Gasteiger partial charge is 0.164 e. The lowest BCUT2D eigenvalue weighted by atomic mass is 9.95. The van der Waals surface area contributed by atoms with E-state index in [9.17, 15) is 0 Å². The summed E-state index contributed by atoms with van der Waals surface area (Å²) in [4.78, 5) is 15.1. The van der Waals surface area contributed by atoms with Crippen molar-refractivity contribution >= 4 is 65.7 Å². The zero-order valence-corrected chi connectivity index (χ0v) is 40.4. The Hall–Kier alpha value is -10.2. The van der Waals surface area contributed by atoms with Gasteiger partial charge in [0.1, 0.15) is 22.3 Å². The minimum absolute atomic E-state index is 0.574. The van der Waals surface area contributed by atoms with Crippen LogP contribution in [0.3, 0.4) is 0 Å². The Bertz CT molecular complexity index is 4690. The Morgan fingerprint density at radius 2 is 0.733 bits per heavy atom. The highest BCUT2D eigenvalue weighted by molar-refractivity contribution is 6.17. The zero-order chi connectivity index (χ0) is 49.4. The van der Waals surface area contributed by atoms with E-state index in [-0.39, 0.29) is 0 Å². The lowest BCUT2D eigenvalue weighted by molar-refractivity contribution is 0.668. The van der Waals surface area contributed by atoms with Crippen LogP contribution < -0.4 is 0 Å². The van der Waals surface area contributed by atoms with E-state index in [2.05, 4.69) is 217 Å². The normalized spacial score (nSPS) is 11.7. The molecule has 6 nitrogen and oxygen atoms in total. The van der Waals surface area contributed by atoms with E-state index < -0.39 is 0 Å². The van der Waals surface area contributed by atoms with E-state index >= 15 is 0 Å². The molecule has 0 spiro atoms. The lowest BCUT2D eigenvalue weighted by Crippen LogP contribution is -2.00. The third kappa shape index (κ3) is 7.22. The second-order valence-electron chi connectivity index (χ2n) is 19.1. The topological polar surface area (TPSA) is 69.9 Å². The van der Waals surface area contributed by atoms with Crippen molar-refractivity contribution in [3.05, 3.63) is 255 Å². The van der Waals surface area contributed by atoms with Crippen molar-refractivity contribution in [3.63, 3.8) is 0 Å². The average molecular weight is 959 g/mol. The Kier molecular flexibility index (Phi) is 9.78. The lowest BCUT2D eigenvalue weighted by Gasteiger charge is -2.17. The third-order valence-electron chi connectivity index (χ3n) is 14.7. The first-order valence-corrected chi connectivity index (χ1v) is 25.2. The predicted molar refractivity (Wildman–Crippen MR) is 307 cm³/mol. The fourth-order valence-corrected chi connectivity index (χ4v) is 11.0. The molecule has 75 heavy (non-hydrogen) atoms. The standard InChI is InChI=1S/C69H42N4O2/c1-4-15-43(16-5-1)45-27-29-47(30-28-45)68-70-67(46-19-8-3-9-20-46)71-69(72-68)52-31-34-55-58-41-50(33-37-62(58)75-64(55)42-52)48-21-14-22-51(39-48)53-35-38-63-65(56-24-11-13-26-61(56)74-63)66(53)73-59-25-12-10-23-54(59)57-40-49(32-36-60(57)73)44-17-6-2-7-18-44/h1-42H. The monoisotopic (exact) mass is 958 g/mol. The number of hydrogen-bond donors (Lipinski definition) is 0. The highest BCUT2D eigenvalue weighted by Gasteiger charge is 2.23. The van der Waals surface area contributed by atoms with Crippen molar-refractivity contribution in [2.24, 2.45) is 0 Å². The fourth-order valence-electron chi connectivity index (χ4n) is 11.0. The first-order chi connectivity index (χ1) is 37.1. The number of furan rings is 2. The van der Waals surface area contributed by atoms with Gasteiger partial charge in [-0.2, -0.15) is 0 Å². The second-order valence-corrected chi connectivity index (χ2v) is 19.1. The number of benzene rings is 11. The summed E-state index contributed by atoms with van der Waals surface area (Å²) in [6.45, 7) is 0. The summed E-state index contributed by atoms with van der Waals surface area (Å²) in [5.74, 6) is 1.79. The summed E-state index contributed by atoms with van der Waals surface area (Å²) in [7, 11) is 0. The van der Waals surface area contributed by atoms with Crippen LogP contribution >= 0.6 is 0 Å². The van der Waals surface area contributed by atoms with Crippen LogP contribution in [0.5, 0.6) is 0 Å². The molecule has 350 valence electrons. The molecule has 0 aliphatic carbocycles. The van der Waals surface area contributed by atoms with Crippen molar-refractivity contribution < 1.29 is 8.83 Å². The molecule has 11 aromatic carbocycles. The number of nitrogens with zero attached hydrogens (tertiary/aromatic N) is 4. The van der Waals surface area contributed by atoms with Gasteiger partial charge < -0.3 is 13.4 Å². The molecule has 0 unspecified atom stereocenters. The van der Waals surface area contributed by atoms with Crippen molar-refractivity contribution in [1.82, 2.24) is 19.5 Å². The molecule has 6 heteroatoms. The van der Waals surface area contributed by atoms with Crippen LogP contribution in [0.15, 0.2) is 264 Å². The van der Waals surface area contributed by atoms with Crippen LogP contribution in [0, 0.1) is 0 Å². The van der Waals surface area contributed by atoms with Gasteiger partial charge in [-0.3, -0.25) is 0 Å². The molecule has 0 aliphatic rings. The molecular formula is C69H42N4O2. The molecule has 0 saturated heterocycles. The van der Waals surface area contributed by atoms with Crippen molar-refractivity contribution in [3.8, 4) is 84.4 Å².